The predicted molar refractivity (Wildman–Crippen MR) is 79.3 cm³/mol. The van der Waals surface area contributed by atoms with E-state index >= 15 is 0 Å². The van der Waals surface area contributed by atoms with E-state index in [2.05, 4.69) is 4.98 Å². The number of rotatable bonds is 4. The molecule has 20 heavy (non-hydrogen) atoms. The fourth-order valence-corrected chi connectivity index (χ4v) is 2.29. The van der Waals surface area contributed by atoms with Crippen molar-refractivity contribution < 1.29 is 9.47 Å². The van der Waals surface area contributed by atoms with Crippen LogP contribution in [0.4, 0.5) is 0 Å². The standard InChI is InChI=1S/C16H20N2O2/c1-10-7-13(8-11(2)18-10)16(17)12-5-6-14(19-3)15(9-12)20-4/h5-9,16H,17H2,1-4H3. The van der Waals surface area contributed by atoms with Gasteiger partial charge in [0.25, 0.3) is 0 Å². The zero-order valence-corrected chi connectivity index (χ0v) is 12.3. The molecule has 106 valence electrons. The first-order valence-corrected chi connectivity index (χ1v) is 6.48. The molecule has 4 nitrogen and oxygen atoms in total. The molecule has 2 aromatic rings. The highest BCUT2D eigenvalue weighted by atomic mass is 16.5. The number of methoxy groups -OCH3 is 2. The first-order valence-electron chi connectivity index (χ1n) is 6.48. The van der Waals surface area contributed by atoms with Crippen molar-refractivity contribution in [2.24, 2.45) is 5.73 Å². The van der Waals surface area contributed by atoms with E-state index in [0.717, 1.165) is 22.5 Å². The summed E-state index contributed by atoms with van der Waals surface area (Å²) in [5, 5.41) is 0. The Balaban J connectivity index is 2.39. The second kappa shape index (κ2) is 5.92. The van der Waals surface area contributed by atoms with Crippen LogP contribution in [0.1, 0.15) is 28.6 Å². The van der Waals surface area contributed by atoms with E-state index in [9.17, 15) is 0 Å². The van der Waals surface area contributed by atoms with Crippen LogP contribution >= 0.6 is 0 Å². The van der Waals surface area contributed by atoms with E-state index in [0.29, 0.717) is 11.5 Å². The Bertz CT molecular complexity index is 591. The van der Waals surface area contributed by atoms with Crippen molar-refractivity contribution in [1.82, 2.24) is 4.98 Å². The third kappa shape index (κ3) is 2.91. The van der Waals surface area contributed by atoms with Crippen LogP contribution in [-0.4, -0.2) is 19.2 Å². The summed E-state index contributed by atoms with van der Waals surface area (Å²) in [5.41, 5.74) is 10.3. The van der Waals surface area contributed by atoms with Crippen LogP contribution in [0.15, 0.2) is 30.3 Å². The molecule has 0 spiro atoms. The van der Waals surface area contributed by atoms with Crippen molar-refractivity contribution in [3.05, 3.63) is 52.8 Å². The van der Waals surface area contributed by atoms with Gasteiger partial charge in [0.1, 0.15) is 0 Å². The van der Waals surface area contributed by atoms with Gasteiger partial charge in [-0.15, -0.1) is 0 Å². The second-order valence-corrected chi connectivity index (χ2v) is 4.78. The predicted octanol–water partition coefficient (Wildman–Crippen LogP) is 2.76. The minimum absolute atomic E-state index is 0.213. The second-order valence-electron chi connectivity index (χ2n) is 4.78. The number of benzene rings is 1. The van der Waals surface area contributed by atoms with E-state index in [-0.39, 0.29) is 6.04 Å². The third-order valence-corrected chi connectivity index (χ3v) is 3.23. The van der Waals surface area contributed by atoms with Crippen LogP contribution < -0.4 is 15.2 Å². The summed E-state index contributed by atoms with van der Waals surface area (Å²) >= 11 is 0. The van der Waals surface area contributed by atoms with Crippen LogP contribution in [0.2, 0.25) is 0 Å². The van der Waals surface area contributed by atoms with Gasteiger partial charge in [-0.25, -0.2) is 0 Å². The van der Waals surface area contributed by atoms with Gasteiger partial charge >= 0.3 is 0 Å². The molecule has 0 saturated carbocycles. The van der Waals surface area contributed by atoms with Crippen LogP contribution in [0.5, 0.6) is 11.5 Å². The summed E-state index contributed by atoms with van der Waals surface area (Å²) in [6, 6.07) is 9.54. The van der Waals surface area contributed by atoms with Crippen molar-refractivity contribution in [2.75, 3.05) is 14.2 Å². The van der Waals surface area contributed by atoms with Crippen molar-refractivity contribution >= 4 is 0 Å². The number of ether oxygens (including phenoxy) is 2. The zero-order chi connectivity index (χ0) is 14.7. The molecule has 0 saturated heterocycles. The van der Waals surface area contributed by atoms with Crippen molar-refractivity contribution in [3.63, 3.8) is 0 Å². The molecule has 0 aliphatic carbocycles. The molecule has 1 atom stereocenters. The quantitative estimate of drug-likeness (QED) is 0.929. The highest BCUT2D eigenvalue weighted by molar-refractivity contribution is 5.45. The molecule has 0 amide bonds. The van der Waals surface area contributed by atoms with Crippen LogP contribution in [0, 0.1) is 13.8 Å². The molecule has 0 aliphatic heterocycles. The Morgan fingerprint density at radius 1 is 0.900 bits per heavy atom. The summed E-state index contributed by atoms with van der Waals surface area (Å²) in [6.45, 7) is 3.94. The molecule has 4 heteroatoms. The summed E-state index contributed by atoms with van der Waals surface area (Å²) in [4.78, 5) is 4.37. The molecule has 1 aromatic heterocycles. The Morgan fingerprint density at radius 2 is 1.50 bits per heavy atom. The van der Waals surface area contributed by atoms with E-state index in [1.807, 2.05) is 44.2 Å². The highest BCUT2D eigenvalue weighted by Crippen LogP contribution is 2.31. The van der Waals surface area contributed by atoms with Crippen LogP contribution in [-0.2, 0) is 0 Å². The number of hydrogen-bond acceptors (Lipinski definition) is 4. The maximum absolute atomic E-state index is 6.35. The monoisotopic (exact) mass is 272 g/mol. The lowest BCUT2D eigenvalue weighted by molar-refractivity contribution is 0.354. The summed E-state index contributed by atoms with van der Waals surface area (Å²) in [7, 11) is 3.24. The molecule has 0 fully saturated rings. The molecule has 2 rings (SSSR count). The fourth-order valence-electron chi connectivity index (χ4n) is 2.29. The molecule has 1 aromatic carbocycles. The van der Waals surface area contributed by atoms with Crippen molar-refractivity contribution in [3.8, 4) is 11.5 Å². The van der Waals surface area contributed by atoms with Crippen LogP contribution in [0.25, 0.3) is 0 Å². The average molecular weight is 272 g/mol. The van der Waals surface area contributed by atoms with Gasteiger partial charge in [-0.2, -0.15) is 0 Å². The molecule has 0 bridgehead atoms. The number of hydrogen-bond donors (Lipinski definition) is 1. The maximum Gasteiger partial charge on any atom is 0.161 e. The molecule has 2 N–H and O–H groups in total. The molecular weight excluding hydrogens is 252 g/mol. The first-order chi connectivity index (χ1) is 9.55. The normalized spacial score (nSPS) is 12.1. The van der Waals surface area contributed by atoms with Gasteiger partial charge in [0.2, 0.25) is 0 Å². The van der Waals surface area contributed by atoms with E-state index in [4.69, 9.17) is 15.2 Å². The van der Waals surface area contributed by atoms with Gasteiger partial charge in [0.05, 0.1) is 20.3 Å². The molecule has 1 heterocycles. The Kier molecular flexibility index (Phi) is 4.25. The first kappa shape index (κ1) is 14.3. The fraction of sp³-hybridized carbons (Fsp3) is 0.312. The van der Waals surface area contributed by atoms with Gasteiger partial charge in [0.15, 0.2) is 11.5 Å². The Hall–Kier alpha value is -2.07. The number of pyridine rings is 1. The lowest BCUT2D eigenvalue weighted by Gasteiger charge is -2.16. The van der Waals surface area contributed by atoms with Gasteiger partial charge in [-0.3, -0.25) is 4.98 Å². The minimum Gasteiger partial charge on any atom is -0.493 e. The zero-order valence-electron chi connectivity index (χ0n) is 12.3. The molecule has 0 radical (unpaired) electrons. The topological polar surface area (TPSA) is 57.4 Å². The SMILES string of the molecule is COc1ccc(C(N)c2cc(C)nc(C)c2)cc1OC. The number of nitrogens with zero attached hydrogens (tertiary/aromatic N) is 1. The molecular formula is C16H20N2O2. The maximum atomic E-state index is 6.35. The van der Waals surface area contributed by atoms with Gasteiger partial charge in [-0.1, -0.05) is 6.07 Å². The summed E-state index contributed by atoms with van der Waals surface area (Å²) < 4.78 is 10.6. The van der Waals surface area contributed by atoms with Gasteiger partial charge in [0, 0.05) is 11.4 Å². The van der Waals surface area contributed by atoms with E-state index < -0.39 is 0 Å². The number of nitrogens with two attached hydrogens (primary N) is 1. The van der Waals surface area contributed by atoms with E-state index in [1.165, 1.54) is 0 Å². The van der Waals surface area contributed by atoms with Crippen molar-refractivity contribution in [2.45, 2.75) is 19.9 Å². The lowest BCUT2D eigenvalue weighted by Crippen LogP contribution is -2.13. The third-order valence-electron chi connectivity index (χ3n) is 3.23. The number of aromatic nitrogens is 1. The molecule has 1 unspecified atom stereocenters. The summed E-state index contributed by atoms with van der Waals surface area (Å²) in [6.07, 6.45) is 0. The van der Waals surface area contributed by atoms with Gasteiger partial charge in [-0.05, 0) is 49.2 Å². The largest absolute Gasteiger partial charge is 0.493 e. The van der Waals surface area contributed by atoms with Gasteiger partial charge < -0.3 is 15.2 Å². The van der Waals surface area contributed by atoms with E-state index in [1.54, 1.807) is 14.2 Å². The Labute approximate surface area is 119 Å². The van der Waals surface area contributed by atoms with Crippen LogP contribution in [0.3, 0.4) is 0 Å². The smallest absolute Gasteiger partial charge is 0.161 e. The summed E-state index contributed by atoms with van der Waals surface area (Å²) in [5.74, 6) is 1.38. The average Bonchev–Trinajstić information content (AvgIpc) is 2.44. The van der Waals surface area contributed by atoms with Crippen molar-refractivity contribution in [1.29, 1.82) is 0 Å². The minimum atomic E-state index is -0.213. The number of aryl methyl sites for hydroxylation is 2. The Morgan fingerprint density at radius 3 is 2.05 bits per heavy atom. The lowest BCUT2D eigenvalue weighted by atomic mass is 9.98. The molecule has 0 aliphatic rings. The highest BCUT2D eigenvalue weighted by Gasteiger charge is 2.13.